The summed E-state index contributed by atoms with van der Waals surface area (Å²) >= 11 is 0. The predicted molar refractivity (Wildman–Crippen MR) is 128 cm³/mol. The first-order chi connectivity index (χ1) is 22.8. The molecule has 5 rings (SSSR count). The molecule has 0 bridgehead atoms. The van der Waals surface area contributed by atoms with Gasteiger partial charge in [0.25, 0.3) is 0 Å². The molecule has 5 aromatic rings. The Morgan fingerprint density at radius 1 is 0.367 bits per heavy atom. The summed E-state index contributed by atoms with van der Waals surface area (Å²) < 4.78 is 271. The molecule has 0 saturated carbocycles. The van der Waals surface area contributed by atoms with Gasteiger partial charge in [-0.1, -0.05) is 0 Å². The van der Waals surface area contributed by atoms with Crippen LogP contribution in [0, 0.1) is 105 Å². The maximum absolute atomic E-state index is 15.5. The second-order valence-corrected chi connectivity index (χ2v) is 9.41. The minimum absolute atomic E-state index is 0.0626. The van der Waals surface area contributed by atoms with Crippen molar-refractivity contribution in [1.82, 2.24) is 0 Å². The molecule has 256 valence electrons. The highest BCUT2D eigenvalue weighted by atomic mass is 19.2. The fourth-order valence-corrected chi connectivity index (χ4v) is 4.45. The van der Waals surface area contributed by atoms with Crippen LogP contribution in [0.25, 0.3) is 21.9 Å². The van der Waals surface area contributed by atoms with Gasteiger partial charge in [0.05, 0.1) is 21.8 Å². The monoisotopic (exact) mass is 724 g/mol. The van der Waals surface area contributed by atoms with Crippen LogP contribution in [-0.2, 0) is 0 Å². The van der Waals surface area contributed by atoms with Gasteiger partial charge in [-0.05, 0) is 12.1 Å². The van der Waals surface area contributed by atoms with E-state index in [0.29, 0.717) is 6.07 Å². The molecule has 0 aliphatic heterocycles. The van der Waals surface area contributed by atoms with E-state index in [0.717, 1.165) is 0 Å². The Kier molecular flexibility index (Phi) is 8.83. The van der Waals surface area contributed by atoms with Gasteiger partial charge >= 0.3 is 7.12 Å². The first-order valence-electron chi connectivity index (χ1n) is 12.3. The zero-order chi connectivity index (χ0) is 36.5. The summed E-state index contributed by atoms with van der Waals surface area (Å²) in [5, 5.41) is -4.65. The summed E-state index contributed by atoms with van der Waals surface area (Å²) in [6.07, 6.45) is 0. The first kappa shape index (κ1) is 35.1. The SMILES string of the molecule is Fc1ccc(F)c(OB(Oc2c(F)c(F)c(F)c3c(F)c(F)c(F)c(F)c23)c2c(F)c(F)c(F)c(F)c2-c2c(F)c(F)c(F)c(F)c2F)c1. The molecule has 0 aliphatic rings. The zero-order valence-corrected chi connectivity index (χ0v) is 22.4. The quantitative estimate of drug-likeness (QED) is 0.0755. The van der Waals surface area contributed by atoms with Crippen LogP contribution >= 0.6 is 0 Å². The highest BCUT2D eigenvalue weighted by Crippen LogP contribution is 2.41. The Hall–Kier alpha value is -5.24. The van der Waals surface area contributed by atoms with Gasteiger partial charge in [0, 0.05) is 11.6 Å². The summed E-state index contributed by atoms with van der Waals surface area (Å²) in [6.45, 7) is 0. The zero-order valence-electron chi connectivity index (χ0n) is 22.4. The second-order valence-electron chi connectivity index (χ2n) is 9.41. The Labute approximate surface area is 257 Å². The van der Waals surface area contributed by atoms with Gasteiger partial charge in [0.2, 0.25) is 11.6 Å². The van der Waals surface area contributed by atoms with Gasteiger partial charge in [-0.3, -0.25) is 0 Å². The van der Waals surface area contributed by atoms with E-state index in [9.17, 15) is 65.9 Å². The molecule has 49 heavy (non-hydrogen) atoms. The standard InChI is InChI=1S/C28H3BF18O2/c30-4-1-2-5(31)6(3-4)48-29(49-28-10-9(16(36)24(44)27(28)47)15(35)20(40)23(43)17(10)37)11-7(12(32)19(39)25(45)18(11)38)8-13(33)21(41)26(46)22(42)14(8)34/h1-3H. The molecule has 0 fully saturated rings. The number of fused-ring (bicyclic) bond motifs is 1. The molecular weight excluding hydrogens is 721 g/mol. The number of hydrogen-bond acceptors (Lipinski definition) is 2. The Balaban J connectivity index is 1.97. The van der Waals surface area contributed by atoms with E-state index < -0.39 is 151 Å². The maximum Gasteiger partial charge on any atom is 0.636 e. The van der Waals surface area contributed by atoms with Crippen molar-refractivity contribution < 1.29 is 88.3 Å². The van der Waals surface area contributed by atoms with Crippen molar-refractivity contribution in [2.75, 3.05) is 0 Å². The van der Waals surface area contributed by atoms with E-state index in [1.807, 2.05) is 0 Å². The predicted octanol–water partition coefficient (Wildman–Crippen LogP) is 8.86. The Morgan fingerprint density at radius 2 is 0.776 bits per heavy atom. The van der Waals surface area contributed by atoms with E-state index >= 15 is 13.2 Å². The van der Waals surface area contributed by atoms with Crippen molar-refractivity contribution in [3.63, 3.8) is 0 Å². The number of rotatable bonds is 6. The molecule has 0 unspecified atom stereocenters. The summed E-state index contributed by atoms with van der Waals surface area (Å²) in [5.41, 5.74) is -7.84. The van der Waals surface area contributed by atoms with E-state index in [2.05, 4.69) is 9.31 Å². The van der Waals surface area contributed by atoms with Gasteiger partial charge in [-0.2, -0.15) is 4.39 Å². The van der Waals surface area contributed by atoms with Crippen LogP contribution in [-0.4, -0.2) is 7.12 Å². The van der Waals surface area contributed by atoms with Crippen molar-refractivity contribution in [3.05, 3.63) is 123 Å². The summed E-state index contributed by atoms with van der Waals surface area (Å²) in [4.78, 5) is 0. The molecule has 0 amide bonds. The Bertz CT molecular complexity index is 2210. The van der Waals surface area contributed by atoms with Gasteiger partial charge < -0.3 is 9.31 Å². The maximum atomic E-state index is 15.5. The lowest BCUT2D eigenvalue weighted by molar-refractivity contribution is 0.373. The second kappa shape index (κ2) is 12.3. The summed E-state index contributed by atoms with van der Waals surface area (Å²) in [6, 6.07) is 0.427. The smallest absolute Gasteiger partial charge is 0.520 e. The molecule has 0 radical (unpaired) electrons. The fourth-order valence-electron chi connectivity index (χ4n) is 4.45. The minimum Gasteiger partial charge on any atom is -0.520 e. The average Bonchev–Trinajstić information content (AvgIpc) is 3.07. The topological polar surface area (TPSA) is 18.5 Å². The molecule has 0 spiro atoms. The molecule has 0 aliphatic carbocycles. The van der Waals surface area contributed by atoms with E-state index in [1.54, 1.807) is 0 Å². The van der Waals surface area contributed by atoms with Gasteiger partial charge in [-0.15, -0.1) is 0 Å². The third-order valence-electron chi connectivity index (χ3n) is 6.65. The third-order valence-corrected chi connectivity index (χ3v) is 6.65. The lowest BCUT2D eigenvalue weighted by atomic mass is 9.72. The molecule has 5 aromatic carbocycles. The summed E-state index contributed by atoms with van der Waals surface area (Å²) in [5.74, 6) is -55.1. The van der Waals surface area contributed by atoms with Gasteiger partial charge in [0.1, 0.15) is 11.6 Å². The van der Waals surface area contributed by atoms with Crippen LogP contribution in [0.4, 0.5) is 79.0 Å². The van der Waals surface area contributed by atoms with Crippen molar-refractivity contribution in [2.45, 2.75) is 0 Å². The van der Waals surface area contributed by atoms with Crippen LogP contribution in [0.1, 0.15) is 0 Å². The molecule has 2 nitrogen and oxygen atoms in total. The number of halogens is 18. The van der Waals surface area contributed by atoms with Gasteiger partial charge in [-0.25, -0.2) is 74.6 Å². The molecule has 0 N–H and O–H groups in total. The highest BCUT2D eigenvalue weighted by molar-refractivity contribution is 6.64. The number of benzene rings is 5. The molecule has 0 aromatic heterocycles. The summed E-state index contributed by atoms with van der Waals surface area (Å²) in [7, 11) is -3.83. The van der Waals surface area contributed by atoms with Crippen LogP contribution < -0.4 is 14.8 Å². The van der Waals surface area contributed by atoms with Crippen LogP contribution in [0.15, 0.2) is 18.2 Å². The van der Waals surface area contributed by atoms with E-state index in [-0.39, 0.29) is 12.1 Å². The largest absolute Gasteiger partial charge is 0.636 e. The minimum atomic E-state index is -3.83. The highest BCUT2D eigenvalue weighted by Gasteiger charge is 2.44. The van der Waals surface area contributed by atoms with Crippen LogP contribution in [0.2, 0.25) is 0 Å². The van der Waals surface area contributed by atoms with Crippen molar-refractivity contribution in [1.29, 1.82) is 0 Å². The first-order valence-corrected chi connectivity index (χ1v) is 12.3. The van der Waals surface area contributed by atoms with Gasteiger partial charge in [0.15, 0.2) is 93.0 Å². The van der Waals surface area contributed by atoms with Crippen molar-refractivity contribution in [2.24, 2.45) is 0 Å². The lowest BCUT2D eigenvalue weighted by Crippen LogP contribution is -2.47. The van der Waals surface area contributed by atoms with E-state index in [1.165, 1.54) is 0 Å². The normalized spacial score (nSPS) is 11.5. The van der Waals surface area contributed by atoms with Crippen molar-refractivity contribution in [3.8, 4) is 22.6 Å². The molecule has 0 saturated heterocycles. The van der Waals surface area contributed by atoms with E-state index in [4.69, 9.17) is 0 Å². The lowest BCUT2D eigenvalue weighted by Gasteiger charge is -2.23. The Morgan fingerprint density at radius 3 is 1.31 bits per heavy atom. The molecule has 21 heteroatoms. The fraction of sp³-hybridized carbons (Fsp3) is 0. The third kappa shape index (κ3) is 5.30. The average molecular weight is 724 g/mol. The van der Waals surface area contributed by atoms with Crippen molar-refractivity contribution >= 4 is 23.4 Å². The molecule has 0 atom stereocenters. The van der Waals surface area contributed by atoms with Crippen LogP contribution in [0.5, 0.6) is 11.5 Å². The van der Waals surface area contributed by atoms with Crippen LogP contribution in [0.3, 0.4) is 0 Å². The molecule has 0 heterocycles. The molecular formula is C28H3BF18O2. The number of hydrogen-bond donors (Lipinski definition) is 0.